The average molecular weight is 446 g/mol. The molecule has 1 aromatic carbocycles. The Bertz CT molecular complexity index is 951. The van der Waals surface area contributed by atoms with Crippen molar-refractivity contribution in [3.63, 3.8) is 0 Å². The van der Waals surface area contributed by atoms with Crippen molar-refractivity contribution >= 4 is 22.6 Å². The molecular formula is C18H19IN6. The summed E-state index contributed by atoms with van der Waals surface area (Å²) in [5.74, 6) is 1.89. The molecule has 4 heterocycles. The maximum Gasteiger partial charge on any atom is 0.165 e. The third-order valence-electron chi connectivity index (χ3n) is 5.11. The smallest absolute Gasteiger partial charge is 0.165 e. The van der Waals surface area contributed by atoms with E-state index in [1.807, 2.05) is 11.0 Å². The summed E-state index contributed by atoms with van der Waals surface area (Å²) in [4.78, 5) is 11.9. The summed E-state index contributed by atoms with van der Waals surface area (Å²) in [5, 5.41) is 4.84. The second-order valence-electron chi connectivity index (χ2n) is 6.80. The van der Waals surface area contributed by atoms with Crippen LogP contribution in [0.5, 0.6) is 0 Å². The standard InChI is InChI=1S/C18H19IN6/c1-12-16-9-25-18(21-17(22-25)10-23-6-2-3-7-23)14-8-13(19)4-5-15(14)24(16)11-20-12/h4-5,8,11H,2-3,6-7,9-10H2,1H3. The van der Waals surface area contributed by atoms with Crippen LogP contribution in [0.3, 0.4) is 0 Å². The van der Waals surface area contributed by atoms with Gasteiger partial charge in [-0.2, -0.15) is 5.10 Å². The Balaban J connectivity index is 1.65. The predicted molar refractivity (Wildman–Crippen MR) is 104 cm³/mol. The van der Waals surface area contributed by atoms with Crippen molar-refractivity contribution in [1.82, 2.24) is 29.2 Å². The Morgan fingerprint density at radius 1 is 1.20 bits per heavy atom. The van der Waals surface area contributed by atoms with E-state index in [-0.39, 0.29) is 0 Å². The van der Waals surface area contributed by atoms with Gasteiger partial charge in [-0.25, -0.2) is 14.6 Å². The quantitative estimate of drug-likeness (QED) is 0.445. The van der Waals surface area contributed by atoms with Crippen molar-refractivity contribution in [2.45, 2.75) is 32.9 Å². The molecule has 2 aliphatic heterocycles. The fraction of sp³-hybridized carbons (Fsp3) is 0.389. The van der Waals surface area contributed by atoms with Gasteiger partial charge in [-0.05, 0) is 73.6 Å². The molecule has 0 spiro atoms. The van der Waals surface area contributed by atoms with Gasteiger partial charge < -0.3 is 4.57 Å². The van der Waals surface area contributed by atoms with Gasteiger partial charge in [-0.1, -0.05) is 0 Å². The minimum atomic E-state index is 0.708. The fourth-order valence-corrected chi connectivity index (χ4v) is 4.30. The van der Waals surface area contributed by atoms with Crippen molar-refractivity contribution in [3.05, 3.63) is 45.3 Å². The van der Waals surface area contributed by atoms with E-state index in [0.717, 1.165) is 48.2 Å². The summed E-state index contributed by atoms with van der Waals surface area (Å²) < 4.78 is 5.43. The van der Waals surface area contributed by atoms with E-state index in [2.05, 4.69) is 62.2 Å². The van der Waals surface area contributed by atoms with Gasteiger partial charge in [-0.15, -0.1) is 0 Å². The van der Waals surface area contributed by atoms with Crippen molar-refractivity contribution in [3.8, 4) is 17.1 Å². The Kier molecular flexibility index (Phi) is 3.67. The van der Waals surface area contributed by atoms with Crippen LogP contribution in [0.4, 0.5) is 0 Å². The SMILES string of the molecule is Cc1ncn2c1Cn1nc(CN3CCCC3)nc1-c1cc(I)ccc1-2. The number of aromatic nitrogens is 5. The second kappa shape index (κ2) is 5.91. The van der Waals surface area contributed by atoms with Gasteiger partial charge in [0.25, 0.3) is 0 Å². The molecule has 2 aromatic heterocycles. The lowest BCUT2D eigenvalue weighted by Gasteiger charge is -2.11. The molecule has 1 fully saturated rings. The van der Waals surface area contributed by atoms with E-state index in [1.165, 1.54) is 22.1 Å². The van der Waals surface area contributed by atoms with Gasteiger partial charge in [0.1, 0.15) is 0 Å². The van der Waals surface area contributed by atoms with Crippen LogP contribution in [0.1, 0.15) is 30.1 Å². The van der Waals surface area contributed by atoms with Gasteiger partial charge in [0.2, 0.25) is 0 Å². The monoisotopic (exact) mass is 446 g/mol. The molecule has 1 saturated heterocycles. The number of hydrogen-bond donors (Lipinski definition) is 0. The number of rotatable bonds is 2. The predicted octanol–water partition coefficient (Wildman–Crippen LogP) is 3.00. The Morgan fingerprint density at radius 2 is 2.04 bits per heavy atom. The van der Waals surface area contributed by atoms with Gasteiger partial charge in [0, 0.05) is 9.13 Å². The third-order valence-corrected chi connectivity index (χ3v) is 5.78. The molecule has 6 nitrogen and oxygen atoms in total. The number of nitrogens with zero attached hydrogens (tertiary/aromatic N) is 6. The number of aryl methyl sites for hydroxylation is 1. The fourth-order valence-electron chi connectivity index (χ4n) is 3.81. The summed E-state index contributed by atoms with van der Waals surface area (Å²) in [6, 6.07) is 6.49. The molecule has 0 unspecified atom stereocenters. The zero-order valence-electron chi connectivity index (χ0n) is 14.1. The number of fused-ring (bicyclic) bond motifs is 5. The lowest BCUT2D eigenvalue weighted by Crippen LogP contribution is -2.19. The lowest BCUT2D eigenvalue weighted by atomic mass is 10.1. The molecule has 128 valence electrons. The molecule has 0 bridgehead atoms. The van der Waals surface area contributed by atoms with Crippen LogP contribution >= 0.6 is 22.6 Å². The van der Waals surface area contributed by atoms with Crippen LogP contribution < -0.4 is 0 Å². The number of imidazole rings is 1. The van der Waals surface area contributed by atoms with Crippen LogP contribution in [-0.2, 0) is 13.1 Å². The summed E-state index contributed by atoms with van der Waals surface area (Å²) in [6.45, 7) is 5.93. The highest BCUT2D eigenvalue weighted by Crippen LogP contribution is 2.32. The first-order valence-electron chi connectivity index (χ1n) is 8.68. The van der Waals surface area contributed by atoms with Crippen molar-refractivity contribution in [2.24, 2.45) is 0 Å². The zero-order chi connectivity index (χ0) is 17.0. The van der Waals surface area contributed by atoms with E-state index >= 15 is 0 Å². The molecule has 0 saturated carbocycles. The summed E-state index contributed by atoms with van der Waals surface area (Å²) >= 11 is 2.36. The van der Waals surface area contributed by atoms with Crippen molar-refractivity contribution in [2.75, 3.05) is 13.1 Å². The van der Waals surface area contributed by atoms with E-state index in [4.69, 9.17) is 10.1 Å². The molecule has 7 heteroatoms. The molecule has 2 aliphatic rings. The van der Waals surface area contributed by atoms with E-state index in [1.54, 1.807) is 0 Å². The molecule has 3 aromatic rings. The van der Waals surface area contributed by atoms with Crippen molar-refractivity contribution < 1.29 is 0 Å². The van der Waals surface area contributed by atoms with Crippen molar-refractivity contribution in [1.29, 1.82) is 0 Å². The Morgan fingerprint density at radius 3 is 2.88 bits per heavy atom. The largest absolute Gasteiger partial charge is 0.300 e. The zero-order valence-corrected chi connectivity index (χ0v) is 16.3. The van der Waals surface area contributed by atoms with Gasteiger partial charge in [0.15, 0.2) is 11.6 Å². The van der Waals surface area contributed by atoms with Gasteiger partial charge in [0.05, 0.1) is 36.5 Å². The Hall–Kier alpha value is -1.74. The van der Waals surface area contributed by atoms with Gasteiger partial charge >= 0.3 is 0 Å². The minimum Gasteiger partial charge on any atom is -0.300 e. The molecule has 0 atom stereocenters. The maximum atomic E-state index is 4.92. The van der Waals surface area contributed by atoms with E-state index < -0.39 is 0 Å². The van der Waals surface area contributed by atoms with E-state index in [0.29, 0.717) is 6.54 Å². The first kappa shape index (κ1) is 15.5. The van der Waals surface area contributed by atoms with Crippen LogP contribution in [0.15, 0.2) is 24.5 Å². The molecule has 0 aliphatic carbocycles. The van der Waals surface area contributed by atoms with Crippen LogP contribution in [0, 0.1) is 10.5 Å². The topological polar surface area (TPSA) is 51.8 Å². The molecular weight excluding hydrogens is 427 g/mol. The van der Waals surface area contributed by atoms with E-state index in [9.17, 15) is 0 Å². The second-order valence-corrected chi connectivity index (χ2v) is 8.05. The lowest BCUT2D eigenvalue weighted by molar-refractivity contribution is 0.322. The highest BCUT2D eigenvalue weighted by atomic mass is 127. The summed E-state index contributed by atoms with van der Waals surface area (Å²) in [6.07, 6.45) is 4.48. The number of hydrogen-bond acceptors (Lipinski definition) is 4. The molecule has 5 rings (SSSR count). The molecule has 0 amide bonds. The maximum absolute atomic E-state index is 4.92. The highest BCUT2D eigenvalue weighted by molar-refractivity contribution is 14.1. The Labute approximate surface area is 160 Å². The number of halogens is 1. The third kappa shape index (κ3) is 2.60. The summed E-state index contributed by atoms with van der Waals surface area (Å²) in [5.41, 5.74) is 4.49. The molecule has 25 heavy (non-hydrogen) atoms. The number of benzene rings is 1. The number of likely N-dealkylation sites (tertiary alicyclic amines) is 1. The minimum absolute atomic E-state index is 0.708. The first-order valence-corrected chi connectivity index (χ1v) is 9.76. The normalized spacial score (nSPS) is 16.4. The van der Waals surface area contributed by atoms with Gasteiger partial charge in [-0.3, -0.25) is 4.90 Å². The first-order chi connectivity index (χ1) is 12.2. The summed E-state index contributed by atoms with van der Waals surface area (Å²) in [7, 11) is 0. The van der Waals surface area contributed by atoms with Crippen LogP contribution in [-0.4, -0.2) is 42.3 Å². The average Bonchev–Trinajstić information content (AvgIpc) is 3.30. The molecule has 0 radical (unpaired) electrons. The molecule has 0 N–H and O–H groups in total. The highest BCUT2D eigenvalue weighted by Gasteiger charge is 2.25. The van der Waals surface area contributed by atoms with Crippen LogP contribution in [0.2, 0.25) is 0 Å². The van der Waals surface area contributed by atoms with Crippen LogP contribution in [0.25, 0.3) is 17.1 Å².